The van der Waals surface area contributed by atoms with E-state index in [2.05, 4.69) is 5.32 Å². The van der Waals surface area contributed by atoms with Crippen LogP contribution in [0.3, 0.4) is 0 Å². The lowest BCUT2D eigenvalue weighted by Crippen LogP contribution is -2.43. The molecule has 10 heteroatoms. The van der Waals surface area contributed by atoms with Gasteiger partial charge in [0.2, 0.25) is 0 Å². The number of nitrogens with zero attached hydrogens (tertiary/aromatic N) is 3. The van der Waals surface area contributed by atoms with Crippen LogP contribution in [0.4, 0.5) is 4.79 Å². The summed E-state index contributed by atoms with van der Waals surface area (Å²) in [5, 5.41) is 2.88. The van der Waals surface area contributed by atoms with Gasteiger partial charge in [0.1, 0.15) is 5.60 Å². The Labute approximate surface area is 281 Å². The van der Waals surface area contributed by atoms with Crippen molar-refractivity contribution in [3.8, 4) is 0 Å². The van der Waals surface area contributed by atoms with Crippen LogP contribution in [0.2, 0.25) is 0 Å². The highest BCUT2D eigenvalue weighted by Gasteiger charge is 2.24. The Morgan fingerprint density at radius 3 is 1.85 bits per heavy atom. The van der Waals surface area contributed by atoms with Gasteiger partial charge in [0.15, 0.2) is 0 Å². The first-order valence-electron chi connectivity index (χ1n) is 15.9. The predicted molar refractivity (Wildman–Crippen MR) is 182 cm³/mol. The Morgan fingerprint density at radius 1 is 0.667 bits per heavy atom. The molecule has 1 heterocycles. The lowest BCUT2D eigenvalue weighted by Gasteiger charge is -2.30. The van der Waals surface area contributed by atoms with Crippen molar-refractivity contribution in [1.29, 1.82) is 0 Å². The van der Waals surface area contributed by atoms with E-state index in [0.717, 1.165) is 0 Å². The van der Waals surface area contributed by atoms with Gasteiger partial charge in [0.05, 0.1) is 36.6 Å². The number of pyridine rings is 1. The summed E-state index contributed by atoms with van der Waals surface area (Å²) >= 11 is 0. The molecular weight excluding hydrogens is 608 g/mol. The minimum atomic E-state index is -0.727. The molecule has 0 aliphatic heterocycles. The Balaban J connectivity index is 1.44. The van der Waals surface area contributed by atoms with Gasteiger partial charge in [-0.3, -0.25) is 14.6 Å². The molecule has 0 aliphatic carbocycles. The topological polar surface area (TPSA) is 118 Å². The normalized spacial score (nSPS) is 10.9. The van der Waals surface area contributed by atoms with Crippen LogP contribution < -0.4 is 5.32 Å². The van der Waals surface area contributed by atoms with Crippen LogP contribution in [0.1, 0.15) is 69.7 Å². The van der Waals surface area contributed by atoms with E-state index in [0.29, 0.717) is 34.5 Å². The number of hydrogen-bond donors (Lipinski definition) is 1. The molecule has 4 aromatic rings. The summed E-state index contributed by atoms with van der Waals surface area (Å²) in [5.41, 5.74) is 2.05. The van der Waals surface area contributed by atoms with Gasteiger partial charge in [-0.15, -0.1) is 0 Å². The molecule has 0 radical (unpaired) electrons. The number of hydrogen-bond acceptors (Lipinski definition) is 7. The second kappa shape index (κ2) is 17.4. The van der Waals surface area contributed by atoms with Crippen LogP contribution in [0.25, 0.3) is 0 Å². The van der Waals surface area contributed by atoms with E-state index >= 15 is 0 Å². The van der Waals surface area contributed by atoms with Crippen molar-refractivity contribution >= 4 is 23.9 Å². The highest BCUT2D eigenvalue weighted by molar-refractivity contribution is 5.94. The first kappa shape index (κ1) is 35.3. The molecule has 0 saturated carbocycles. The van der Waals surface area contributed by atoms with E-state index in [4.69, 9.17) is 14.5 Å². The summed E-state index contributed by atoms with van der Waals surface area (Å²) in [7, 11) is 0. The van der Waals surface area contributed by atoms with Crippen LogP contribution in [0.15, 0.2) is 109 Å². The molecule has 10 nitrogen and oxygen atoms in total. The van der Waals surface area contributed by atoms with E-state index < -0.39 is 17.7 Å². The number of ether oxygens (including phenoxy) is 2. The van der Waals surface area contributed by atoms with Crippen molar-refractivity contribution in [1.82, 2.24) is 20.1 Å². The molecule has 4 rings (SSSR count). The van der Waals surface area contributed by atoms with Crippen LogP contribution in [0.5, 0.6) is 0 Å². The minimum absolute atomic E-state index is 0.108. The minimum Gasteiger partial charge on any atom is -0.462 e. The van der Waals surface area contributed by atoms with Gasteiger partial charge in [0.25, 0.3) is 11.8 Å². The fraction of sp³-hybridized carbons (Fsp3) is 0.289. The predicted octanol–water partition coefficient (Wildman–Crippen LogP) is 6.14. The quantitative estimate of drug-likeness (QED) is 0.129. The van der Waals surface area contributed by atoms with Gasteiger partial charge in [-0.1, -0.05) is 60.7 Å². The van der Waals surface area contributed by atoms with Crippen molar-refractivity contribution in [2.45, 2.75) is 45.9 Å². The summed E-state index contributed by atoms with van der Waals surface area (Å²) in [6, 6.07) is 32.0. The van der Waals surface area contributed by atoms with Gasteiger partial charge >= 0.3 is 12.1 Å². The molecule has 0 unspecified atom stereocenters. The van der Waals surface area contributed by atoms with E-state index in [1.165, 1.54) is 4.90 Å². The summed E-state index contributed by atoms with van der Waals surface area (Å²) in [6.07, 6.45) is -0.152. The zero-order valence-electron chi connectivity index (χ0n) is 27.6. The molecule has 0 bridgehead atoms. The molecule has 48 heavy (non-hydrogen) atoms. The average Bonchev–Trinajstić information content (AvgIpc) is 3.09. The highest BCUT2D eigenvalue weighted by Crippen LogP contribution is 2.14. The fourth-order valence-electron chi connectivity index (χ4n) is 4.73. The van der Waals surface area contributed by atoms with E-state index in [-0.39, 0.29) is 51.1 Å². The number of amides is 3. The molecule has 0 spiro atoms. The van der Waals surface area contributed by atoms with Crippen molar-refractivity contribution in [2.75, 3.05) is 26.2 Å². The molecule has 0 aliphatic rings. The smallest absolute Gasteiger partial charge is 0.410 e. The van der Waals surface area contributed by atoms with E-state index in [9.17, 15) is 19.2 Å². The largest absolute Gasteiger partial charge is 0.462 e. The number of carbonyl (C=O) groups is 4. The van der Waals surface area contributed by atoms with E-state index in [1.54, 1.807) is 98.5 Å². The van der Waals surface area contributed by atoms with Crippen molar-refractivity contribution in [3.63, 3.8) is 0 Å². The van der Waals surface area contributed by atoms with Crippen LogP contribution >= 0.6 is 0 Å². The SMILES string of the molecule is CC(C)(C)OC(=O)N(CCCOC(=O)c1ccccc1)CCN(Cc1cccc(CNC(=O)c2ccccc2)n1)C(=O)c1ccccc1. The molecule has 0 saturated heterocycles. The number of esters is 1. The highest BCUT2D eigenvalue weighted by atomic mass is 16.6. The van der Waals surface area contributed by atoms with Crippen LogP contribution in [-0.4, -0.2) is 70.5 Å². The fourth-order valence-corrected chi connectivity index (χ4v) is 4.73. The molecule has 3 aromatic carbocycles. The zero-order chi connectivity index (χ0) is 34.4. The maximum atomic E-state index is 13.7. The third-order valence-corrected chi connectivity index (χ3v) is 7.10. The van der Waals surface area contributed by atoms with Gasteiger partial charge in [-0.2, -0.15) is 0 Å². The summed E-state index contributed by atoms with van der Waals surface area (Å²) in [5.74, 6) is -0.865. The Kier molecular flexibility index (Phi) is 12.8. The van der Waals surface area contributed by atoms with Crippen molar-refractivity contribution < 1.29 is 28.7 Å². The summed E-state index contributed by atoms with van der Waals surface area (Å²) in [6.45, 7) is 6.47. The number of nitrogens with one attached hydrogen (secondary N) is 1. The number of aromatic nitrogens is 1. The van der Waals surface area contributed by atoms with Crippen molar-refractivity contribution in [2.24, 2.45) is 0 Å². The van der Waals surface area contributed by atoms with E-state index in [1.807, 2.05) is 36.4 Å². The average molecular weight is 651 g/mol. The van der Waals surface area contributed by atoms with Crippen LogP contribution in [0, 0.1) is 0 Å². The van der Waals surface area contributed by atoms with Gasteiger partial charge in [-0.25, -0.2) is 9.59 Å². The zero-order valence-corrected chi connectivity index (χ0v) is 27.6. The Hall–Kier alpha value is -5.51. The van der Waals surface area contributed by atoms with Gasteiger partial charge in [-0.05, 0) is 75.7 Å². The molecular formula is C38H42N4O6. The third-order valence-electron chi connectivity index (χ3n) is 7.10. The van der Waals surface area contributed by atoms with Gasteiger partial charge in [0, 0.05) is 30.8 Å². The molecule has 0 fully saturated rings. The molecule has 1 aromatic heterocycles. The third kappa shape index (κ3) is 11.4. The van der Waals surface area contributed by atoms with Gasteiger partial charge < -0.3 is 24.6 Å². The standard InChI is InChI=1S/C38H42N4O6/c1-38(2,3)48-37(46)41(23-14-26-47-36(45)31-19-11-6-12-20-31)24-25-42(35(44)30-17-9-5-10-18-30)28-33-22-13-21-32(40-33)27-39-34(43)29-15-7-4-8-16-29/h4-13,15-22H,14,23-28H2,1-3H3,(H,39,43). The van der Waals surface area contributed by atoms with Crippen LogP contribution in [-0.2, 0) is 22.6 Å². The molecule has 1 N–H and O–H groups in total. The molecule has 3 amide bonds. The second-order valence-electron chi connectivity index (χ2n) is 12.1. The summed E-state index contributed by atoms with van der Waals surface area (Å²) in [4.78, 5) is 59.8. The maximum absolute atomic E-state index is 13.7. The Bertz CT molecular complexity index is 1640. The van der Waals surface area contributed by atoms with Crippen molar-refractivity contribution in [3.05, 3.63) is 137 Å². The number of carbonyl (C=O) groups excluding carboxylic acids is 4. The number of benzene rings is 3. The first-order chi connectivity index (χ1) is 23.1. The second-order valence-corrected chi connectivity index (χ2v) is 12.1. The number of rotatable bonds is 14. The molecule has 250 valence electrons. The molecule has 0 atom stereocenters. The summed E-state index contributed by atoms with van der Waals surface area (Å²) < 4.78 is 11.1. The lowest BCUT2D eigenvalue weighted by molar-refractivity contribution is 0.0205. The first-order valence-corrected chi connectivity index (χ1v) is 15.9. The Morgan fingerprint density at radius 2 is 1.23 bits per heavy atom. The maximum Gasteiger partial charge on any atom is 0.410 e. The monoisotopic (exact) mass is 650 g/mol. The lowest BCUT2D eigenvalue weighted by atomic mass is 10.2.